The van der Waals surface area contributed by atoms with Gasteiger partial charge in [0, 0.05) is 64.0 Å². The van der Waals surface area contributed by atoms with E-state index < -0.39 is 12.1 Å². The summed E-state index contributed by atoms with van der Waals surface area (Å²) >= 11 is 7.83. The third kappa shape index (κ3) is 10.6. The monoisotopic (exact) mass is 941 g/mol. The van der Waals surface area contributed by atoms with Crippen LogP contribution in [0.3, 0.4) is 0 Å². The molecule has 3 amide bonds. The van der Waals surface area contributed by atoms with E-state index in [9.17, 15) is 14.4 Å². The quantitative estimate of drug-likeness (QED) is 0.0596. The van der Waals surface area contributed by atoms with E-state index >= 15 is 0 Å². The average molecular weight is 943 g/mol. The zero-order chi connectivity index (χ0) is 47.0. The molecule has 2 aliphatic heterocycles. The van der Waals surface area contributed by atoms with E-state index in [1.165, 1.54) is 0 Å². The fourth-order valence-electron chi connectivity index (χ4n) is 8.20. The first-order valence-electron chi connectivity index (χ1n) is 22.2. The van der Waals surface area contributed by atoms with Crippen LogP contribution in [0.15, 0.2) is 99.8 Å². The van der Waals surface area contributed by atoms with E-state index in [0.717, 1.165) is 44.2 Å². The van der Waals surface area contributed by atoms with Gasteiger partial charge in [-0.3, -0.25) is 33.5 Å². The molecule has 0 saturated carbocycles. The number of methoxy groups -OCH3 is 2. The zero-order valence-electron chi connectivity index (χ0n) is 38.0. The van der Waals surface area contributed by atoms with Crippen LogP contribution in [0.25, 0.3) is 11.4 Å². The van der Waals surface area contributed by atoms with E-state index in [1.807, 2.05) is 115 Å². The number of aromatic nitrogens is 6. The van der Waals surface area contributed by atoms with Gasteiger partial charge in [0.25, 0.3) is 0 Å². The van der Waals surface area contributed by atoms with Crippen molar-refractivity contribution in [1.82, 2.24) is 45.5 Å². The minimum atomic E-state index is -0.605. The van der Waals surface area contributed by atoms with Crippen molar-refractivity contribution in [3.05, 3.63) is 136 Å². The molecule has 0 radical (unpaired) electrons. The van der Waals surface area contributed by atoms with Crippen molar-refractivity contribution in [1.29, 1.82) is 0 Å². The second kappa shape index (κ2) is 21.2. The number of rotatable bonds is 18. The number of aryl methyl sites for hydroxylation is 2. The number of hydrogen-bond acceptors (Lipinski definition) is 12. The summed E-state index contributed by atoms with van der Waals surface area (Å²) in [5.74, 6) is 4.17. The van der Waals surface area contributed by atoms with Crippen LogP contribution in [-0.4, -0.2) is 98.3 Å². The van der Waals surface area contributed by atoms with Gasteiger partial charge in [0.15, 0.2) is 11.6 Å². The summed E-state index contributed by atoms with van der Waals surface area (Å²) in [5, 5.41) is 27.2. The van der Waals surface area contributed by atoms with Gasteiger partial charge in [-0.25, -0.2) is 0 Å². The first kappa shape index (κ1) is 46.7. The molecule has 67 heavy (non-hydrogen) atoms. The van der Waals surface area contributed by atoms with Crippen molar-refractivity contribution in [2.24, 2.45) is 9.98 Å². The van der Waals surface area contributed by atoms with E-state index in [2.05, 4.69) is 36.3 Å². The fraction of sp³-hybridized carbons (Fsp3) is 0.327. The number of amides is 3. The third-order valence-electron chi connectivity index (χ3n) is 11.5. The number of benzene rings is 4. The Morgan fingerprint density at radius 1 is 0.642 bits per heavy atom. The highest BCUT2D eigenvalue weighted by molar-refractivity contribution is 7.99. The summed E-state index contributed by atoms with van der Waals surface area (Å²) in [6, 6.07) is 25.9. The smallest absolute Gasteiger partial charge is 0.222 e. The maximum atomic E-state index is 13.4. The van der Waals surface area contributed by atoms with E-state index in [1.54, 1.807) is 26.0 Å². The zero-order valence-corrected chi connectivity index (χ0v) is 39.6. The average Bonchev–Trinajstić information content (AvgIpc) is 3.84. The standard InChI is InChI=1S/C49H52ClN11O5S/c1-6-51-44(63)27-39-48-58-56-29(2)60(48)42-20-16-35(66-5)26-38(42)47(54-39)32-11-17-36(18-12-32)67-24-21-43(62)52-22-7-8-23-53-45(64)28-40-49-59-57-30(3)61(49)41-19-15-34(65-4)25-37(41)46(55-40)31-9-13-33(50)14-10-31/h9-20,25-26,39-40H,6-8,21-24,27-28H2,1-5H3,(H,51,63)(H,52,62)(H,53,64)/t39-,40-/m0/s1. The molecule has 346 valence electrons. The molecule has 0 fully saturated rings. The third-order valence-corrected chi connectivity index (χ3v) is 12.8. The minimum absolute atomic E-state index is 0.0345. The maximum absolute atomic E-state index is 13.4. The predicted molar refractivity (Wildman–Crippen MR) is 258 cm³/mol. The fourth-order valence-corrected chi connectivity index (χ4v) is 9.18. The summed E-state index contributed by atoms with van der Waals surface area (Å²) in [4.78, 5) is 50.3. The second-order valence-corrected chi connectivity index (χ2v) is 17.6. The van der Waals surface area contributed by atoms with Gasteiger partial charge in [-0.05, 0) is 94.3 Å². The van der Waals surface area contributed by atoms with Gasteiger partial charge in [-0.15, -0.1) is 32.2 Å². The van der Waals surface area contributed by atoms with Crippen molar-refractivity contribution in [3.63, 3.8) is 0 Å². The summed E-state index contributed by atoms with van der Waals surface area (Å²) in [6.45, 7) is 7.11. The second-order valence-electron chi connectivity index (χ2n) is 16.0. The van der Waals surface area contributed by atoms with Crippen LogP contribution in [0.2, 0.25) is 5.02 Å². The van der Waals surface area contributed by atoms with Crippen LogP contribution < -0.4 is 25.4 Å². The van der Waals surface area contributed by atoms with Gasteiger partial charge in [-0.2, -0.15) is 0 Å². The molecule has 0 unspecified atom stereocenters. The molecule has 2 atom stereocenters. The van der Waals surface area contributed by atoms with Crippen LogP contribution in [0.1, 0.15) is 96.7 Å². The summed E-state index contributed by atoms with van der Waals surface area (Å²) in [5.41, 5.74) is 6.49. The van der Waals surface area contributed by atoms with Crippen LogP contribution in [0.5, 0.6) is 11.5 Å². The molecule has 0 aliphatic carbocycles. The molecule has 8 rings (SSSR count). The lowest BCUT2D eigenvalue weighted by Gasteiger charge is -2.14. The van der Waals surface area contributed by atoms with E-state index in [0.29, 0.717) is 90.2 Å². The summed E-state index contributed by atoms with van der Waals surface area (Å²) in [7, 11) is 3.24. The number of thioether (sulfide) groups is 1. The van der Waals surface area contributed by atoms with E-state index in [-0.39, 0.29) is 30.6 Å². The highest BCUT2D eigenvalue weighted by Gasteiger charge is 2.32. The van der Waals surface area contributed by atoms with Gasteiger partial charge < -0.3 is 25.4 Å². The molecule has 0 bridgehead atoms. The van der Waals surface area contributed by atoms with E-state index in [4.69, 9.17) is 31.1 Å². The van der Waals surface area contributed by atoms with Crippen molar-refractivity contribution in [3.8, 4) is 22.9 Å². The lowest BCUT2D eigenvalue weighted by Crippen LogP contribution is -2.28. The predicted octanol–water partition coefficient (Wildman–Crippen LogP) is 7.03. The van der Waals surface area contributed by atoms with Crippen LogP contribution in [0, 0.1) is 13.8 Å². The number of aliphatic imine (C=N–C) groups is 2. The highest BCUT2D eigenvalue weighted by atomic mass is 35.5. The first-order valence-corrected chi connectivity index (χ1v) is 23.6. The molecule has 4 heterocycles. The number of unbranched alkanes of at least 4 members (excludes halogenated alkanes) is 1. The Bertz CT molecular complexity index is 2840. The lowest BCUT2D eigenvalue weighted by atomic mass is 10.00. The SMILES string of the molecule is CCNC(=O)C[C@@H]1N=C(c2ccc(SCCC(=O)NCCCCNC(=O)C[C@@H]3N=C(c4ccc(Cl)cc4)c4cc(OC)ccc4-n4c(C)nnc43)cc2)c2cc(OC)ccc2-n2c(C)nnc21. The molecule has 18 heteroatoms. The number of halogens is 1. The Labute approximate surface area is 398 Å². The summed E-state index contributed by atoms with van der Waals surface area (Å²) < 4.78 is 15.1. The van der Waals surface area contributed by atoms with Crippen molar-refractivity contribution < 1.29 is 23.9 Å². The number of ether oxygens (including phenoxy) is 2. The molecule has 0 spiro atoms. The topological polar surface area (TPSA) is 192 Å². The Kier molecular flexibility index (Phi) is 14.8. The van der Waals surface area contributed by atoms with Crippen LogP contribution in [0.4, 0.5) is 0 Å². The maximum Gasteiger partial charge on any atom is 0.222 e. The Morgan fingerprint density at radius 2 is 1.12 bits per heavy atom. The summed E-state index contributed by atoms with van der Waals surface area (Å²) in [6.07, 6.45) is 1.93. The molecule has 6 aromatic rings. The molecule has 2 aromatic heterocycles. The largest absolute Gasteiger partial charge is 0.497 e. The number of carbonyl (C=O) groups is 3. The van der Waals surface area contributed by atoms with Gasteiger partial charge in [0.1, 0.15) is 35.2 Å². The molecular weight excluding hydrogens is 890 g/mol. The number of hydrogen-bond donors (Lipinski definition) is 3. The number of carbonyl (C=O) groups excluding carboxylic acids is 3. The minimum Gasteiger partial charge on any atom is -0.497 e. The number of fused-ring (bicyclic) bond motifs is 6. The number of nitrogens with one attached hydrogen (secondary N) is 3. The van der Waals surface area contributed by atoms with Gasteiger partial charge in [-0.1, -0.05) is 35.9 Å². The first-order chi connectivity index (χ1) is 32.5. The highest BCUT2D eigenvalue weighted by Crippen LogP contribution is 2.36. The van der Waals surface area contributed by atoms with Crippen molar-refractivity contribution >= 4 is 52.5 Å². The van der Waals surface area contributed by atoms with Crippen LogP contribution in [-0.2, 0) is 14.4 Å². The molecule has 16 nitrogen and oxygen atoms in total. The van der Waals surface area contributed by atoms with Gasteiger partial charge in [0.05, 0.1) is 49.9 Å². The molecule has 4 aromatic carbocycles. The lowest BCUT2D eigenvalue weighted by molar-refractivity contribution is -0.122. The van der Waals surface area contributed by atoms with Gasteiger partial charge >= 0.3 is 0 Å². The normalized spacial score (nSPS) is 14.8. The Hall–Kier alpha value is -6.85. The Morgan fingerprint density at radius 3 is 1.61 bits per heavy atom. The Balaban J connectivity index is 0.825. The van der Waals surface area contributed by atoms with Gasteiger partial charge in [0.2, 0.25) is 17.7 Å². The molecule has 3 N–H and O–H groups in total. The van der Waals surface area contributed by atoms with Crippen LogP contribution >= 0.6 is 23.4 Å². The number of nitrogens with zero attached hydrogens (tertiary/aromatic N) is 8. The van der Waals surface area contributed by atoms with Crippen molar-refractivity contribution in [2.75, 3.05) is 39.6 Å². The molecule has 0 saturated heterocycles. The molecule has 2 aliphatic rings. The van der Waals surface area contributed by atoms with Crippen molar-refractivity contribution in [2.45, 2.75) is 69.9 Å². The molecular formula is C49H52ClN11O5S.